The van der Waals surface area contributed by atoms with Gasteiger partial charge >= 0.3 is 0 Å². The molecular weight excluding hydrogens is 402 g/mol. The van der Waals surface area contributed by atoms with Crippen molar-refractivity contribution in [1.29, 1.82) is 5.26 Å². The highest BCUT2D eigenvalue weighted by Crippen LogP contribution is 2.32. The minimum atomic E-state index is -0.0425. The number of thiazole rings is 1. The van der Waals surface area contributed by atoms with Crippen molar-refractivity contribution in [2.75, 3.05) is 37.4 Å². The smallest absolute Gasteiger partial charge is 0.254 e. The number of hydrogen-bond acceptors (Lipinski definition) is 9. The van der Waals surface area contributed by atoms with Gasteiger partial charge in [0.05, 0.1) is 35.5 Å². The number of rotatable bonds is 4. The topological polar surface area (TPSA) is 130 Å². The lowest BCUT2D eigenvalue weighted by Gasteiger charge is -2.27. The first-order valence-corrected chi connectivity index (χ1v) is 10.1. The van der Waals surface area contributed by atoms with Gasteiger partial charge in [-0.1, -0.05) is 17.4 Å². The van der Waals surface area contributed by atoms with Gasteiger partial charge in [0.2, 0.25) is 5.95 Å². The molecule has 3 N–H and O–H groups in total. The number of nitrogens with one attached hydrogen (secondary N) is 1. The van der Waals surface area contributed by atoms with Crippen LogP contribution in [-0.2, 0) is 4.74 Å². The fourth-order valence-corrected chi connectivity index (χ4v) is 3.98. The molecule has 1 aliphatic rings. The summed E-state index contributed by atoms with van der Waals surface area (Å²) in [5.74, 6) is 0.269. The Kier molecular flexibility index (Phi) is 5.56. The van der Waals surface area contributed by atoms with Gasteiger partial charge in [-0.25, -0.2) is 15.0 Å². The van der Waals surface area contributed by atoms with E-state index in [1.165, 1.54) is 17.5 Å². The van der Waals surface area contributed by atoms with Gasteiger partial charge in [0, 0.05) is 24.3 Å². The fraction of sp³-hybridized carbons (Fsp3) is 0.250. The number of nitrogen functional groups attached to an aromatic ring is 1. The molecule has 0 saturated carbocycles. The SMILES string of the molecule is Cc1nc(N)sc1-c1nc(Nc2cccc(C(=O)N3CCOCC3)c2)ncc1C#N. The van der Waals surface area contributed by atoms with Crippen molar-refractivity contribution in [2.45, 2.75) is 6.92 Å². The van der Waals surface area contributed by atoms with Crippen LogP contribution in [0.1, 0.15) is 21.6 Å². The summed E-state index contributed by atoms with van der Waals surface area (Å²) in [5.41, 5.74) is 8.56. The Morgan fingerprint density at radius 1 is 1.33 bits per heavy atom. The molecular formula is C20H19N7O2S. The van der Waals surface area contributed by atoms with Crippen molar-refractivity contribution < 1.29 is 9.53 Å². The van der Waals surface area contributed by atoms with Crippen molar-refractivity contribution in [3.63, 3.8) is 0 Å². The summed E-state index contributed by atoms with van der Waals surface area (Å²) < 4.78 is 5.31. The maximum atomic E-state index is 12.7. The zero-order valence-corrected chi connectivity index (χ0v) is 17.1. The van der Waals surface area contributed by atoms with E-state index in [0.29, 0.717) is 65.6 Å². The van der Waals surface area contributed by atoms with Crippen LogP contribution >= 0.6 is 11.3 Å². The average molecular weight is 421 g/mol. The number of morpholine rings is 1. The van der Waals surface area contributed by atoms with Crippen molar-refractivity contribution >= 4 is 34.0 Å². The maximum Gasteiger partial charge on any atom is 0.254 e. The molecule has 1 aliphatic heterocycles. The summed E-state index contributed by atoms with van der Waals surface area (Å²) in [6, 6.07) is 9.27. The summed E-state index contributed by atoms with van der Waals surface area (Å²) in [7, 11) is 0. The summed E-state index contributed by atoms with van der Waals surface area (Å²) >= 11 is 1.27. The molecule has 30 heavy (non-hydrogen) atoms. The number of nitriles is 1. The molecule has 9 nitrogen and oxygen atoms in total. The van der Waals surface area contributed by atoms with Crippen molar-refractivity contribution in [1.82, 2.24) is 19.9 Å². The Morgan fingerprint density at radius 3 is 2.83 bits per heavy atom. The van der Waals surface area contributed by atoms with E-state index in [1.807, 2.05) is 13.0 Å². The first kappa shape index (κ1) is 19.8. The summed E-state index contributed by atoms with van der Waals surface area (Å²) in [5, 5.41) is 13.0. The second-order valence-electron chi connectivity index (χ2n) is 6.64. The van der Waals surface area contributed by atoms with E-state index in [2.05, 4.69) is 26.3 Å². The second kappa shape index (κ2) is 8.44. The molecule has 1 amide bonds. The van der Waals surface area contributed by atoms with Gasteiger partial charge in [0.1, 0.15) is 11.8 Å². The van der Waals surface area contributed by atoms with Crippen LogP contribution in [0, 0.1) is 18.3 Å². The summed E-state index contributed by atoms with van der Waals surface area (Å²) in [4.78, 5) is 28.2. The molecule has 0 radical (unpaired) electrons. The number of amides is 1. The quantitative estimate of drug-likeness (QED) is 0.657. The van der Waals surface area contributed by atoms with Crippen molar-refractivity contribution in [2.24, 2.45) is 0 Å². The Labute approximate surface area is 177 Å². The van der Waals surface area contributed by atoms with Crippen LogP contribution in [-0.4, -0.2) is 52.1 Å². The third-order valence-electron chi connectivity index (χ3n) is 4.60. The number of aryl methyl sites for hydroxylation is 1. The molecule has 10 heteroatoms. The van der Waals surface area contributed by atoms with Gasteiger partial charge < -0.3 is 20.7 Å². The number of benzene rings is 1. The molecule has 0 aliphatic carbocycles. The van der Waals surface area contributed by atoms with E-state index in [9.17, 15) is 10.1 Å². The second-order valence-corrected chi connectivity index (χ2v) is 7.68. The highest BCUT2D eigenvalue weighted by molar-refractivity contribution is 7.18. The van der Waals surface area contributed by atoms with E-state index in [-0.39, 0.29) is 5.91 Å². The molecule has 0 spiro atoms. The number of nitrogens with two attached hydrogens (primary N) is 1. The Balaban J connectivity index is 1.60. The van der Waals surface area contributed by atoms with E-state index in [4.69, 9.17) is 10.5 Å². The number of aromatic nitrogens is 3. The molecule has 3 heterocycles. The summed E-state index contributed by atoms with van der Waals surface area (Å²) in [6.07, 6.45) is 1.46. The van der Waals surface area contributed by atoms with Gasteiger partial charge in [-0.2, -0.15) is 5.26 Å². The van der Waals surface area contributed by atoms with E-state index in [1.54, 1.807) is 23.1 Å². The third kappa shape index (κ3) is 4.07. The predicted octanol–water partition coefficient (Wildman–Crippen LogP) is 2.58. The van der Waals surface area contributed by atoms with E-state index >= 15 is 0 Å². The van der Waals surface area contributed by atoms with Crippen LogP contribution in [0.5, 0.6) is 0 Å². The van der Waals surface area contributed by atoms with Gasteiger partial charge in [0.25, 0.3) is 5.91 Å². The predicted molar refractivity (Wildman–Crippen MR) is 113 cm³/mol. The lowest BCUT2D eigenvalue weighted by atomic mass is 10.1. The highest BCUT2D eigenvalue weighted by atomic mass is 32.1. The van der Waals surface area contributed by atoms with Gasteiger partial charge in [-0.05, 0) is 25.1 Å². The molecule has 1 saturated heterocycles. The number of ether oxygens (including phenoxy) is 1. The molecule has 1 fully saturated rings. The van der Waals surface area contributed by atoms with Gasteiger partial charge in [-0.3, -0.25) is 4.79 Å². The van der Waals surface area contributed by atoms with Gasteiger partial charge in [-0.15, -0.1) is 0 Å². The Bertz CT molecular complexity index is 1130. The average Bonchev–Trinajstić information content (AvgIpc) is 3.11. The third-order valence-corrected chi connectivity index (χ3v) is 5.59. The fourth-order valence-electron chi connectivity index (χ4n) is 3.14. The lowest BCUT2D eigenvalue weighted by Crippen LogP contribution is -2.40. The lowest BCUT2D eigenvalue weighted by molar-refractivity contribution is 0.0303. The highest BCUT2D eigenvalue weighted by Gasteiger charge is 2.19. The zero-order valence-electron chi connectivity index (χ0n) is 16.3. The number of anilines is 3. The molecule has 152 valence electrons. The normalized spacial score (nSPS) is 13.7. The van der Waals surface area contributed by atoms with Crippen LogP contribution in [0.15, 0.2) is 30.5 Å². The Morgan fingerprint density at radius 2 is 2.13 bits per heavy atom. The zero-order chi connectivity index (χ0) is 21.1. The maximum absolute atomic E-state index is 12.7. The number of carbonyl (C=O) groups is 1. The van der Waals surface area contributed by atoms with Crippen LogP contribution in [0.25, 0.3) is 10.6 Å². The van der Waals surface area contributed by atoms with Gasteiger partial charge in [0.15, 0.2) is 5.13 Å². The number of carbonyl (C=O) groups excluding carboxylic acids is 1. The molecule has 3 aromatic rings. The van der Waals surface area contributed by atoms with Crippen LogP contribution < -0.4 is 11.1 Å². The number of nitrogens with zero attached hydrogens (tertiary/aromatic N) is 5. The minimum Gasteiger partial charge on any atom is -0.378 e. The molecule has 0 atom stereocenters. The van der Waals surface area contributed by atoms with Crippen molar-refractivity contribution in [3.05, 3.63) is 47.3 Å². The standard InChI is InChI=1S/C20H19N7O2S/c1-12-17(30-19(22)24-12)16-14(10-21)11-23-20(26-16)25-15-4-2-3-13(9-15)18(28)27-5-7-29-8-6-27/h2-4,9,11H,5-8H2,1H3,(H2,22,24)(H,23,25,26). The summed E-state index contributed by atoms with van der Waals surface area (Å²) in [6.45, 7) is 4.07. The van der Waals surface area contributed by atoms with Crippen LogP contribution in [0.2, 0.25) is 0 Å². The molecule has 0 unspecified atom stereocenters. The number of hydrogen-bond donors (Lipinski definition) is 2. The van der Waals surface area contributed by atoms with Crippen LogP contribution in [0.3, 0.4) is 0 Å². The Hall–Kier alpha value is -3.55. The van der Waals surface area contributed by atoms with E-state index in [0.717, 1.165) is 4.88 Å². The van der Waals surface area contributed by atoms with Crippen molar-refractivity contribution in [3.8, 4) is 16.6 Å². The largest absolute Gasteiger partial charge is 0.378 e. The monoisotopic (exact) mass is 421 g/mol. The van der Waals surface area contributed by atoms with E-state index < -0.39 is 0 Å². The molecule has 4 rings (SSSR count). The molecule has 0 bridgehead atoms. The minimum absolute atomic E-state index is 0.0425. The molecule has 1 aromatic carbocycles. The van der Waals surface area contributed by atoms with Crippen LogP contribution in [0.4, 0.5) is 16.8 Å². The first-order chi connectivity index (χ1) is 14.5. The first-order valence-electron chi connectivity index (χ1n) is 9.29. The molecule has 2 aromatic heterocycles.